The van der Waals surface area contributed by atoms with E-state index in [1.165, 1.54) is 38.9 Å². The second-order valence-electron chi connectivity index (χ2n) is 4.71. The van der Waals surface area contributed by atoms with Crippen LogP contribution in [0.5, 0.6) is 0 Å². The Kier molecular flexibility index (Phi) is 3.79. The van der Waals surface area contributed by atoms with E-state index < -0.39 is 0 Å². The Hall–Kier alpha value is -0.120. The monoisotopic (exact) mass is 198 g/mol. The van der Waals surface area contributed by atoms with Gasteiger partial charge in [0.15, 0.2) is 0 Å². The van der Waals surface area contributed by atoms with Crippen molar-refractivity contribution in [2.75, 3.05) is 39.9 Å². The van der Waals surface area contributed by atoms with Gasteiger partial charge in [-0.15, -0.1) is 0 Å². The molecule has 2 aliphatic rings. The van der Waals surface area contributed by atoms with E-state index in [0.29, 0.717) is 0 Å². The molecule has 0 amide bonds. The Labute approximate surface area is 86.8 Å². The summed E-state index contributed by atoms with van der Waals surface area (Å²) in [5, 5.41) is 3.68. The molecule has 0 saturated carbocycles. The fourth-order valence-electron chi connectivity index (χ4n) is 2.43. The molecule has 0 bridgehead atoms. The lowest BCUT2D eigenvalue weighted by molar-refractivity contribution is 0.0770. The summed E-state index contributed by atoms with van der Waals surface area (Å²) in [5.74, 6) is 0.878. The van der Waals surface area contributed by atoms with Gasteiger partial charge in [0.25, 0.3) is 0 Å². The van der Waals surface area contributed by atoms with Gasteiger partial charge in [0, 0.05) is 25.8 Å². The van der Waals surface area contributed by atoms with Gasteiger partial charge in [0.2, 0.25) is 0 Å². The summed E-state index contributed by atoms with van der Waals surface area (Å²) in [6.07, 6.45) is 3.76. The normalized spacial score (nSPS) is 31.1. The molecule has 0 spiro atoms. The van der Waals surface area contributed by atoms with Crippen LogP contribution in [0.4, 0.5) is 0 Å². The van der Waals surface area contributed by atoms with Crippen molar-refractivity contribution in [1.29, 1.82) is 0 Å². The predicted octanol–water partition coefficient (Wildman–Crippen LogP) is 0.707. The Morgan fingerprint density at radius 3 is 2.71 bits per heavy atom. The molecule has 2 aliphatic heterocycles. The van der Waals surface area contributed by atoms with Gasteiger partial charge in [-0.2, -0.15) is 0 Å². The smallest absolute Gasteiger partial charge is 0.0480 e. The van der Waals surface area contributed by atoms with Crippen LogP contribution in [-0.4, -0.2) is 50.8 Å². The third kappa shape index (κ3) is 2.94. The van der Waals surface area contributed by atoms with Crippen molar-refractivity contribution in [1.82, 2.24) is 10.2 Å². The first-order valence-electron chi connectivity index (χ1n) is 5.84. The Morgan fingerprint density at radius 2 is 2.07 bits per heavy atom. The highest BCUT2D eigenvalue weighted by molar-refractivity contribution is 4.78. The highest BCUT2D eigenvalue weighted by atomic mass is 16.5. The standard InChI is InChI=1S/C11H22N2O/c1-13-5-2-10(9-13)8-12-11-3-6-14-7-4-11/h10-12H,2-9H2,1H3/t10-/m1/s1. The number of nitrogens with one attached hydrogen (secondary N) is 1. The summed E-state index contributed by atoms with van der Waals surface area (Å²) in [4.78, 5) is 2.43. The minimum absolute atomic E-state index is 0.717. The van der Waals surface area contributed by atoms with Crippen molar-refractivity contribution in [2.24, 2.45) is 5.92 Å². The van der Waals surface area contributed by atoms with E-state index >= 15 is 0 Å². The molecule has 2 rings (SSSR count). The molecule has 82 valence electrons. The van der Waals surface area contributed by atoms with E-state index in [9.17, 15) is 0 Å². The number of hydrogen-bond acceptors (Lipinski definition) is 3. The SMILES string of the molecule is CN1CC[C@H](CNC2CCOCC2)C1. The zero-order valence-electron chi connectivity index (χ0n) is 9.17. The topological polar surface area (TPSA) is 24.5 Å². The van der Waals surface area contributed by atoms with Gasteiger partial charge in [-0.3, -0.25) is 0 Å². The molecule has 1 N–H and O–H groups in total. The maximum atomic E-state index is 5.34. The van der Waals surface area contributed by atoms with Crippen LogP contribution in [0.1, 0.15) is 19.3 Å². The van der Waals surface area contributed by atoms with Crippen LogP contribution in [0, 0.1) is 5.92 Å². The largest absolute Gasteiger partial charge is 0.381 e. The predicted molar refractivity (Wildman–Crippen MR) is 57.4 cm³/mol. The second-order valence-corrected chi connectivity index (χ2v) is 4.71. The van der Waals surface area contributed by atoms with Gasteiger partial charge in [0.05, 0.1) is 0 Å². The number of hydrogen-bond donors (Lipinski definition) is 1. The average molecular weight is 198 g/mol. The highest BCUT2D eigenvalue weighted by Gasteiger charge is 2.21. The van der Waals surface area contributed by atoms with Crippen molar-refractivity contribution < 1.29 is 4.74 Å². The molecule has 0 aromatic carbocycles. The zero-order valence-corrected chi connectivity index (χ0v) is 9.17. The molecule has 2 fully saturated rings. The summed E-state index contributed by atoms with van der Waals surface area (Å²) in [7, 11) is 2.22. The average Bonchev–Trinajstić information content (AvgIpc) is 2.63. The van der Waals surface area contributed by atoms with Gasteiger partial charge in [0.1, 0.15) is 0 Å². The summed E-state index contributed by atoms with van der Waals surface area (Å²) < 4.78 is 5.34. The van der Waals surface area contributed by atoms with Crippen molar-refractivity contribution in [2.45, 2.75) is 25.3 Å². The molecule has 0 aromatic rings. The minimum atomic E-state index is 0.717. The van der Waals surface area contributed by atoms with E-state index in [2.05, 4.69) is 17.3 Å². The molecule has 2 heterocycles. The summed E-state index contributed by atoms with van der Waals surface area (Å²) in [6.45, 7) is 5.65. The zero-order chi connectivity index (χ0) is 9.80. The lowest BCUT2D eigenvalue weighted by Crippen LogP contribution is -2.38. The maximum absolute atomic E-state index is 5.34. The highest BCUT2D eigenvalue weighted by Crippen LogP contribution is 2.14. The molecule has 1 atom stereocenters. The fourth-order valence-corrected chi connectivity index (χ4v) is 2.43. The van der Waals surface area contributed by atoms with E-state index in [-0.39, 0.29) is 0 Å². The van der Waals surface area contributed by atoms with Gasteiger partial charge in [-0.05, 0) is 45.3 Å². The minimum Gasteiger partial charge on any atom is -0.381 e. The number of nitrogens with zero attached hydrogens (tertiary/aromatic N) is 1. The van der Waals surface area contributed by atoms with Crippen LogP contribution < -0.4 is 5.32 Å². The third-order valence-electron chi connectivity index (χ3n) is 3.41. The summed E-state index contributed by atoms with van der Waals surface area (Å²) in [5.41, 5.74) is 0. The molecule has 0 aliphatic carbocycles. The van der Waals surface area contributed by atoms with Crippen LogP contribution in [-0.2, 0) is 4.74 Å². The van der Waals surface area contributed by atoms with Crippen LogP contribution in [0.15, 0.2) is 0 Å². The second kappa shape index (κ2) is 5.10. The molecule has 0 unspecified atom stereocenters. The number of rotatable bonds is 3. The summed E-state index contributed by atoms with van der Waals surface area (Å²) in [6, 6.07) is 0.717. The van der Waals surface area contributed by atoms with Gasteiger partial charge in [-0.25, -0.2) is 0 Å². The van der Waals surface area contributed by atoms with Gasteiger partial charge < -0.3 is 15.0 Å². The first-order valence-corrected chi connectivity index (χ1v) is 5.84. The van der Waals surface area contributed by atoms with Gasteiger partial charge in [-0.1, -0.05) is 0 Å². The Balaban J connectivity index is 1.61. The van der Waals surface area contributed by atoms with Crippen LogP contribution in [0.3, 0.4) is 0 Å². The molecular formula is C11H22N2O. The van der Waals surface area contributed by atoms with E-state index in [1.54, 1.807) is 0 Å². The van der Waals surface area contributed by atoms with E-state index in [0.717, 1.165) is 25.2 Å². The Bertz CT molecular complexity index is 164. The van der Waals surface area contributed by atoms with Crippen molar-refractivity contribution in [3.8, 4) is 0 Å². The molecule has 2 saturated heterocycles. The number of ether oxygens (including phenoxy) is 1. The number of likely N-dealkylation sites (tertiary alicyclic amines) is 1. The first kappa shape index (κ1) is 10.4. The van der Waals surface area contributed by atoms with Gasteiger partial charge >= 0.3 is 0 Å². The van der Waals surface area contributed by atoms with Crippen LogP contribution in [0.25, 0.3) is 0 Å². The fraction of sp³-hybridized carbons (Fsp3) is 1.00. The third-order valence-corrected chi connectivity index (χ3v) is 3.41. The Morgan fingerprint density at radius 1 is 1.29 bits per heavy atom. The lowest BCUT2D eigenvalue weighted by atomic mass is 10.1. The maximum Gasteiger partial charge on any atom is 0.0480 e. The van der Waals surface area contributed by atoms with E-state index in [1.807, 2.05) is 0 Å². The van der Waals surface area contributed by atoms with Crippen molar-refractivity contribution in [3.05, 3.63) is 0 Å². The molecule has 3 nitrogen and oxygen atoms in total. The molecule has 14 heavy (non-hydrogen) atoms. The molecule has 3 heteroatoms. The van der Waals surface area contributed by atoms with E-state index in [4.69, 9.17) is 4.74 Å². The summed E-state index contributed by atoms with van der Waals surface area (Å²) >= 11 is 0. The molecular weight excluding hydrogens is 176 g/mol. The van der Waals surface area contributed by atoms with Crippen LogP contribution >= 0.6 is 0 Å². The van der Waals surface area contributed by atoms with Crippen molar-refractivity contribution >= 4 is 0 Å². The molecule has 0 radical (unpaired) electrons. The first-order chi connectivity index (χ1) is 6.84. The van der Waals surface area contributed by atoms with Crippen LogP contribution in [0.2, 0.25) is 0 Å². The molecule has 0 aromatic heterocycles. The van der Waals surface area contributed by atoms with Crippen molar-refractivity contribution in [3.63, 3.8) is 0 Å². The lowest BCUT2D eigenvalue weighted by Gasteiger charge is -2.24. The quantitative estimate of drug-likeness (QED) is 0.723.